The van der Waals surface area contributed by atoms with Crippen LogP contribution in [0.15, 0.2) is 29.3 Å². The molecule has 1 aromatic rings. The minimum Gasteiger partial charge on any atom is -0.357 e. The summed E-state index contributed by atoms with van der Waals surface area (Å²) in [6, 6.07) is 7.73. The third kappa shape index (κ3) is 10.7. The molecule has 0 aliphatic heterocycles. The molecule has 0 fully saturated rings. The van der Waals surface area contributed by atoms with Crippen LogP contribution in [-0.4, -0.2) is 33.0 Å². The van der Waals surface area contributed by atoms with Gasteiger partial charge >= 0.3 is 0 Å². The van der Waals surface area contributed by atoms with E-state index in [4.69, 9.17) is 0 Å². The molecular formula is C17H31IN4O2S. The lowest BCUT2D eigenvalue weighted by atomic mass is 10.1. The average molecular weight is 482 g/mol. The molecule has 1 aromatic carbocycles. The lowest BCUT2D eigenvalue weighted by Gasteiger charge is -2.14. The van der Waals surface area contributed by atoms with Gasteiger partial charge in [0, 0.05) is 18.6 Å². The number of nitrogens with one attached hydrogen (secondary N) is 3. The molecule has 0 bridgehead atoms. The van der Waals surface area contributed by atoms with Gasteiger partial charge in [-0.3, -0.25) is 0 Å². The fourth-order valence-corrected chi connectivity index (χ4v) is 3.56. The van der Waals surface area contributed by atoms with Gasteiger partial charge in [-0.1, -0.05) is 24.3 Å². The number of benzene rings is 1. The molecule has 25 heavy (non-hydrogen) atoms. The number of rotatable bonds is 8. The number of hydrogen-bond acceptors (Lipinski definition) is 3. The van der Waals surface area contributed by atoms with Crippen molar-refractivity contribution in [2.75, 3.05) is 6.54 Å². The van der Waals surface area contributed by atoms with E-state index in [1.54, 1.807) is 0 Å². The molecular weight excluding hydrogens is 451 g/mol. The quantitative estimate of drug-likeness (QED) is 0.302. The van der Waals surface area contributed by atoms with Crippen LogP contribution < -0.4 is 15.4 Å². The lowest BCUT2D eigenvalue weighted by Crippen LogP contribution is -2.40. The molecule has 0 aliphatic carbocycles. The zero-order valence-electron chi connectivity index (χ0n) is 15.7. The number of guanidine groups is 1. The van der Waals surface area contributed by atoms with E-state index in [-0.39, 0.29) is 35.8 Å². The molecule has 0 saturated carbocycles. The van der Waals surface area contributed by atoms with Crippen LogP contribution in [0.1, 0.15) is 45.7 Å². The Balaban J connectivity index is 0.00000576. The van der Waals surface area contributed by atoms with Crippen molar-refractivity contribution in [1.82, 2.24) is 15.4 Å². The van der Waals surface area contributed by atoms with Gasteiger partial charge in [-0.05, 0) is 45.7 Å². The first-order valence-corrected chi connectivity index (χ1v) is 9.99. The van der Waals surface area contributed by atoms with Gasteiger partial charge in [-0.25, -0.2) is 18.1 Å². The van der Waals surface area contributed by atoms with Crippen LogP contribution in [0.2, 0.25) is 0 Å². The molecule has 8 heteroatoms. The standard InChI is InChI=1S/C17H30N4O2S.HI/c1-6-18-17(20-13(2)3)19-11-15-7-9-16(10-8-15)12-24(22,23)21-14(4)5;/h7-10,13-14,21H,6,11-12H2,1-5H3,(H2,18,19,20);1H. The van der Waals surface area contributed by atoms with Crippen LogP contribution in [0.5, 0.6) is 0 Å². The molecule has 0 aromatic heterocycles. The highest BCUT2D eigenvalue weighted by Gasteiger charge is 2.12. The van der Waals surface area contributed by atoms with Gasteiger partial charge in [-0.15, -0.1) is 24.0 Å². The van der Waals surface area contributed by atoms with Gasteiger partial charge in [0.25, 0.3) is 0 Å². The highest BCUT2D eigenvalue weighted by Crippen LogP contribution is 2.09. The summed E-state index contributed by atoms with van der Waals surface area (Å²) in [6.07, 6.45) is 0. The fourth-order valence-electron chi connectivity index (χ4n) is 2.12. The van der Waals surface area contributed by atoms with Crippen LogP contribution in [0, 0.1) is 0 Å². The molecule has 0 amide bonds. The van der Waals surface area contributed by atoms with Gasteiger partial charge in [0.1, 0.15) is 0 Å². The number of halogens is 1. The SMILES string of the molecule is CCNC(=NCc1ccc(CS(=O)(=O)NC(C)C)cc1)NC(C)C.I. The Kier molecular flexibility index (Phi) is 11.3. The fraction of sp³-hybridized carbons (Fsp3) is 0.588. The van der Waals surface area contributed by atoms with Crippen molar-refractivity contribution >= 4 is 40.0 Å². The van der Waals surface area contributed by atoms with Crippen molar-refractivity contribution < 1.29 is 8.42 Å². The summed E-state index contributed by atoms with van der Waals surface area (Å²) in [7, 11) is -3.29. The molecule has 0 radical (unpaired) electrons. The maximum atomic E-state index is 11.9. The van der Waals surface area contributed by atoms with E-state index in [0.29, 0.717) is 12.6 Å². The van der Waals surface area contributed by atoms with E-state index < -0.39 is 10.0 Å². The molecule has 6 nitrogen and oxygen atoms in total. The topological polar surface area (TPSA) is 82.6 Å². The summed E-state index contributed by atoms with van der Waals surface area (Å²) in [4.78, 5) is 4.53. The summed E-state index contributed by atoms with van der Waals surface area (Å²) in [5.41, 5.74) is 1.80. The van der Waals surface area contributed by atoms with Gasteiger partial charge in [0.2, 0.25) is 10.0 Å². The van der Waals surface area contributed by atoms with E-state index in [9.17, 15) is 8.42 Å². The number of hydrogen-bond donors (Lipinski definition) is 3. The predicted octanol–water partition coefficient (Wildman–Crippen LogP) is 2.60. The molecule has 0 heterocycles. The van der Waals surface area contributed by atoms with Gasteiger partial charge in [0.05, 0.1) is 12.3 Å². The zero-order chi connectivity index (χ0) is 18.2. The Labute approximate surface area is 169 Å². The number of aliphatic imine (C=N–C) groups is 1. The molecule has 0 atom stereocenters. The van der Waals surface area contributed by atoms with Crippen LogP contribution in [0.3, 0.4) is 0 Å². The maximum Gasteiger partial charge on any atom is 0.216 e. The Morgan fingerprint density at radius 1 is 1.04 bits per heavy atom. The summed E-state index contributed by atoms with van der Waals surface area (Å²) in [5, 5.41) is 6.46. The predicted molar refractivity (Wildman–Crippen MR) is 116 cm³/mol. The first-order valence-electron chi connectivity index (χ1n) is 8.34. The van der Waals surface area contributed by atoms with Gasteiger partial charge in [-0.2, -0.15) is 0 Å². The Hall–Kier alpha value is -0.870. The van der Waals surface area contributed by atoms with Crippen molar-refractivity contribution in [3.8, 4) is 0 Å². The van der Waals surface area contributed by atoms with Crippen molar-refractivity contribution in [3.63, 3.8) is 0 Å². The van der Waals surface area contributed by atoms with Gasteiger partial charge < -0.3 is 10.6 Å². The van der Waals surface area contributed by atoms with E-state index in [1.807, 2.05) is 45.0 Å². The van der Waals surface area contributed by atoms with Crippen LogP contribution in [0.25, 0.3) is 0 Å². The summed E-state index contributed by atoms with van der Waals surface area (Å²) >= 11 is 0. The van der Waals surface area contributed by atoms with Crippen LogP contribution in [-0.2, 0) is 22.3 Å². The summed E-state index contributed by atoms with van der Waals surface area (Å²) in [5.74, 6) is 0.770. The Bertz CT molecular complexity index is 629. The average Bonchev–Trinajstić information content (AvgIpc) is 2.44. The lowest BCUT2D eigenvalue weighted by molar-refractivity contribution is 0.569. The Morgan fingerprint density at radius 2 is 1.60 bits per heavy atom. The molecule has 0 unspecified atom stereocenters. The normalized spacial score (nSPS) is 12.2. The first kappa shape index (κ1) is 24.1. The summed E-state index contributed by atoms with van der Waals surface area (Å²) < 4.78 is 26.5. The third-order valence-electron chi connectivity index (χ3n) is 2.98. The second-order valence-corrected chi connectivity index (χ2v) is 8.10. The molecule has 0 aliphatic rings. The third-order valence-corrected chi connectivity index (χ3v) is 4.53. The molecule has 1 rings (SSSR count). The van der Waals surface area contributed by atoms with Crippen LogP contribution >= 0.6 is 24.0 Å². The van der Waals surface area contributed by atoms with Crippen LogP contribution in [0.4, 0.5) is 0 Å². The summed E-state index contributed by atoms with van der Waals surface area (Å²) in [6.45, 7) is 11.1. The van der Waals surface area contributed by atoms with E-state index in [0.717, 1.165) is 23.6 Å². The molecule has 0 saturated heterocycles. The molecule has 3 N–H and O–H groups in total. The van der Waals surface area contributed by atoms with E-state index >= 15 is 0 Å². The first-order chi connectivity index (χ1) is 11.2. The molecule has 144 valence electrons. The monoisotopic (exact) mass is 482 g/mol. The van der Waals surface area contributed by atoms with E-state index in [1.165, 1.54) is 0 Å². The Morgan fingerprint density at radius 3 is 2.08 bits per heavy atom. The van der Waals surface area contributed by atoms with Crippen molar-refractivity contribution in [2.24, 2.45) is 4.99 Å². The van der Waals surface area contributed by atoms with E-state index in [2.05, 4.69) is 34.2 Å². The van der Waals surface area contributed by atoms with Gasteiger partial charge in [0.15, 0.2) is 5.96 Å². The second kappa shape index (κ2) is 11.7. The van der Waals surface area contributed by atoms with Crippen molar-refractivity contribution in [1.29, 1.82) is 0 Å². The second-order valence-electron chi connectivity index (χ2n) is 6.34. The van der Waals surface area contributed by atoms with Crippen molar-refractivity contribution in [2.45, 2.75) is 59.0 Å². The smallest absolute Gasteiger partial charge is 0.216 e. The maximum absolute atomic E-state index is 11.9. The largest absolute Gasteiger partial charge is 0.357 e. The minimum atomic E-state index is -3.29. The molecule has 0 spiro atoms. The van der Waals surface area contributed by atoms with Crippen molar-refractivity contribution in [3.05, 3.63) is 35.4 Å². The zero-order valence-corrected chi connectivity index (χ0v) is 18.8. The minimum absolute atomic E-state index is 0. The number of nitrogens with zero attached hydrogens (tertiary/aromatic N) is 1. The highest BCUT2D eigenvalue weighted by molar-refractivity contribution is 14.0. The number of sulfonamides is 1. The highest BCUT2D eigenvalue weighted by atomic mass is 127.